The molecule has 1 aromatic heterocycles. The largest absolute Gasteiger partial charge is 0.346 e. The Kier molecular flexibility index (Phi) is 5.03. The van der Waals surface area contributed by atoms with Crippen molar-refractivity contribution in [3.05, 3.63) is 30.5 Å². The molecule has 0 radical (unpaired) electrons. The molecule has 3 rings (SSSR count). The summed E-state index contributed by atoms with van der Waals surface area (Å²) in [6, 6.07) is 5.73. The lowest BCUT2D eigenvalue weighted by molar-refractivity contribution is -0.120. The second kappa shape index (κ2) is 7.12. The average molecular weight is 390 g/mol. The zero-order valence-electron chi connectivity index (χ0n) is 15.4. The highest BCUT2D eigenvalue weighted by Gasteiger charge is 2.35. The molecule has 0 bridgehead atoms. The first-order valence-electron chi connectivity index (χ1n) is 8.49. The molecule has 0 saturated carbocycles. The summed E-state index contributed by atoms with van der Waals surface area (Å²) in [5, 5.41) is 8.14. The van der Waals surface area contributed by atoms with E-state index in [2.05, 4.69) is 15.3 Å². The number of rotatable bonds is 5. The van der Waals surface area contributed by atoms with Gasteiger partial charge >= 0.3 is 0 Å². The van der Waals surface area contributed by atoms with Crippen molar-refractivity contribution >= 4 is 39.1 Å². The maximum atomic E-state index is 12.5. The van der Waals surface area contributed by atoms with Crippen molar-refractivity contribution in [3.8, 4) is 0 Å². The van der Waals surface area contributed by atoms with E-state index >= 15 is 0 Å². The van der Waals surface area contributed by atoms with E-state index in [9.17, 15) is 13.2 Å². The van der Waals surface area contributed by atoms with Gasteiger partial charge in [-0.3, -0.25) is 4.79 Å². The first kappa shape index (κ1) is 19.1. The smallest absolute Gasteiger partial charge is 0.249 e. The van der Waals surface area contributed by atoms with Gasteiger partial charge in [-0.2, -0.15) is 4.98 Å². The summed E-state index contributed by atoms with van der Waals surface area (Å²) in [6.07, 6.45) is 3.22. The van der Waals surface area contributed by atoms with E-state index in [1.807, 2.05) is 18.9 Å². The molecule has 9 nitrogen and oxygen atoms in total. The van der Waals surface area contributed by atoms with Crippen LogP contribution >= 0.6 is 0 Å². The van der Waals surface area contributed by atoms with E-state index < -0.39 is 10.0 Å². The maximum absolute atomic E-state index is 12.5. The van der Waals surface area contributed by atoms with Crippen LogP contribution in [0.2, 0.25) is 0 Å². The molecule has 27 heavy (non-hydrogen) atoms. The summed E-state index contributed by atoms with van der Waals surface area (Å²) in [6.45, 7) is 2.04. The molecule has 1 aliphatic heterocycles. The van der Waals surface area contributed by atoms with Crippen LogP contribution in [0.5, 0.6) is 0 Å². The fourth-order valence-corrected chi connectivity index (χ4v) is 3.54. The predicted molar refractivity (Wildman–Crippen MR) is 104 cm³/mol. The molecule has 144 valence electrons. The molecule has 1 aromatic carbocycles. The highest BCUT2D eigenvalue weighted by molar-refractivity contribution is 7.89. The summed E-state index contributed by atoms with van der Waals surface area (Å²) in [7, 11) is -0.168. The molecule has 2 aromatic rings. The number of nitrogens with two attached hydrogens (primary N) is 1. The Morgan fingerprint density at radius 1 is 1.22 bits per heavy atom. The second-order valence-corrected chi connectivity index (χ2v) is 7.97. The summed E-state index contributed by atoms with van der Waals surface area (Å²) < 4.78 is 22.7. The number of benzene rings is 1. The molecule has 1 unspecified atom stereocenters. The number of carbonyl (C=O) groups is 1. The number of carbonyl (C=O) groups excluding carboxylic acids is 1. The lowest BCUT2D eigenvalue weighted by Gasteiger charge is -2.38. The van der Waals surface area contributed by atoms with Crippen molar-refractivity contribution in [1.82, 2.24) is 9.97 Å². The van der Waals surface area contributed by atoms with E-state index in [-0.39, 0.29) is 16.8 Å². The topological polar surface area (TPSA) is 122 Å². The molecular formula is C17H22N6O3S. The van der Waals surface area contributed by atoms with Gasteiger partial charge in [0.2, 0.25) is 21.9 Å². The number of nitrogens with one attached hydrogen (secondary N) is 1. The van der Waals surface area contributed by atoms with Crippen LogP contribution in [0.4, 0.5) is 23.1 Å². The molecule has 0 saturated heterocycles. The minimum absolute atomic E-state index is 0.0229. The van der Waals surface area contributed by atoms with Crippen LogP contribution in [0.1, 0.15) is 19.8 Å². The van der Waals surface area contributed by atoms with Crippen LogP contribution in [-0.2, 0) is 14.8 Å². The van der Waals surface area contributed by atoms with Crippen LogP contribution in [0.3, 0.4) is 0 Å². The van der Waals surface area contributed by atoms with Crippen LogP contribution < -0.4 is 20.3 Å². The molecule has 0 aliphatic carbocycles. The average Bonchev–Trinajstić information content (AvgIpc) is 2.63. The maximum Gasteiger partial charge on any atom is 0.249 e. The predicted octanol–water partition coefficient (Wildman–Crippen LogP) is 1.45. The summed E-state index contributed by atoms with van der Waals surface area (Å²) in [5.41, 5.74) is 1.26. The Balaban J connectivity index is 1.89. The monoisotopic (exact) mass is 390 g/mol. The molecule has 2 heterocycles. The first-order valence-corrected chi connectivity index (χ1v) is 10.0. The summed E-state index contributed by atoms with van der Waals surface area (Å²) >= 11 is 0. The summed E-state index contributed by atoms with van der Waals surface area (Å²) in [5.74, 6) is 1.03. The number of primary sulfonamides is 1. The SMILES string of the molecule is CCCC1C(=O)N(C)c2cnc(Nc3ccc(S(N)(=O)=O)cc3)nc2N1C. The molecule has 0 spiro atoms. The molecule has 0 fully saturated rings. The number of nitrogens with zero attached hydrogens (tertiary/aromatic N) is 4. The van der Waals surface area contributed by atoms with E-state index in [0.717, 1.165) is 12.8 Å². The van der Waals surface area contributed by atoms with E-state index in [4.69, 9.17) is 5.14 Å². The minimum atomic E-state index is -3.74. The quantitative estimate of drug-likeness (QED) is 0.792. The fourth-order valence-electron chi connectivity index (χ4n) is 3.03. The van der Waals surface area contributed by atoms with Gasteiger partial charge < -0.3 is 15.1 Å². The van der Waals surface area contributed by atoms with Crippen LogP contribution in [0, 0.1) is 0 Å². The standard InChI is InChI=1S/C17H22N6O3S/c1-4-5-13-16(24)23(3)14-10-19-17(21-15(14)22(13)2)20-11-6-8-12(9-7-11)27(18,25)26/h6-10,13H,4-5H2,1-3H3,(H2,18,25,26)(H,19,20,21). The van der Waals surface area contributed by atoms with Gasteiger partial charge in [0.25, 0.3) is 0 Å². The van der Waals surface area contributed by atoms with Crippen molar-refractivity contribution in [2.45, 2.75) is 30.7 Å². The number of hydrogen-bond donors (Lipinski definition) is 2. The number of sulfonamides is 1. The van der Waals surface area contributed by atoms with Crippen molar-refractivity contribution in [3.63, 3.8) is 0 Å². The van der Waals surface area contributed by atoms with Crippen molar-refractivity contribution in [1.29, 1.82) is 0 Å². The lowest BCUT2D eigenvalue weighted by atomic mass is 10.1. The molecule has 1 amide bonds. The van der Waals surface area contributed by atoms with E-state index in [1.165, 1.54) is 12.1 Å². The number of anilines is 4. The van der Waals surface area contributed by atoms with Gasteiger partial charge in [-0.1, -0.05) is 13.3 Å². The zero-order chi connectivity index (χ0) is 19.8. The van der Waals surface area contributed by atoms with Gasteiger partial charge in [-0.05, 0) is 30.7 Å². The number of hydrogen-bond acceptors (Lipinski definition) is 7. The van der Waals surface area contributed by atoms with Gasteiger partial charge in [0.05, 0.1) is 11.1 Å². The van der Waals surface area contributed by atoms with Crippen LogP contribution in [-0.4, -0.2) is 44.4 Å². The van der Waals surface area contributed by atoms with Crippen molar-refractivity contribution in [2.75, 3.05) is 29.2 Å². The van der Waals surface area contributed by atoms with Crippen molar-refractivity contribution < 1.29 is 13.2 Å². The minimum Gasteiger partial charge on any atom is -0.346 e. The Hall–Kier alpha value is -2.72. The molecule has 3 N–H and O–H groups in total. The van der Waals surface area contributed by atoms with Gasteiger partial charge in [0.1, 0.15) is 11.7 Å². The highest BCUT2D eigenvalue weighted by atomic mass is 32.2. The van der Waals surface area contributed by atoms with E-state index in [1.54, 1.807) is 30.3 Å². The number of likely N-dealkylation sites (N-methyl/N-ethyl adjacent to an activating group) is 2. The second-order valence-electron chi connectivity index (χ2n) is 6.41. The van der Waals surface area contributed by atoms with Crippen LogP contribution in [0.15, 0.2) is 35.4 Å². The third kappa shape index (κ3) is 3.71. The van der Waals surface area contributed by atoms with Gasteiger partial charge in [0, 0.05) is 19.8 Å². The third-order valence-electron chi connectivity index (χ3n) is 4.53. The molecule has 1 atom stereocenters. The Morgan fingerprint density at radius 3 is 2.48 bits per heavy atom. The van der Waals surface area contributed by atoms with Gasteiger partial charge in [0.15, 0.2) is 5.82 Å². The fraction of sp³-hybridized carbons (Fsp3) is 0.353. The zero-order valence-corrected chi connectivity index (χ0v) is 16.2. The third-order valence-corrected chi connectivity index (χ3v) is 5.46. The normalized spacial score (nSPS) is 17.0. The Morgan fingerprint density at radius 2 is 1.89 bits per heavy atom. The first-order chi connectivity index (χ1) is 12.7. The van der Waals surface area contributed by atoms with Gasteiger partial charge in [-0.15, -0.1) is 0 Å². The summed E-state index contributed by atoms with van der Waals surface area (Å²) in [4.78, 5) is 24.8. The Labute approximate surface area is 158 Å². The van der Waals surface area contributed by atoms with E-state index in [0.29, 0.717) is 23.1 Å². The highest BCUT2D eigenvalue weighted by Crippen LogP contribution is 2.34. The number of fused-ring (bicyclic) bond motifs is 1. The lowest BCUT2D eigenvalue weighted by Crippen LogP contribution is -2.51. The van der Waals surface area contributed by atoms with Gasteiger partial charge in [-0.25, -0.2) is 18.5 Å². The van der Waals surface area contributed by atoms with Crippen LogP contribution in [0.25, 0.3) is 0 Å². The molecular weight excluding hydrogens is 368 g/mol. The number of aromatic nitrogens is 2. The number of amides is 1. The molecule has 1 aliphatic rings. The molecule has 10 heteroatoms. The van der Waals surface area contributed by atoms with Crippen molar-refractivity contribution in [2.24, 2.45) is 5.14 Å². The Bertz CT molecular complexity index is 961.